The molecule has 2 aromatic rings. The van der Waals surface area contributed by atoms with Crippen molar-refractivity contribution in [2.75, 3.05) is 25.0 Å². The number of amides is 2. The lowest BCUT2D eigenvalue weighted by Gasteiger charge is -2.19. The highest BCUT2D eigenvalue weighted by Crippen LogP contribution is 2.27. The molecule has 0 bridgehead atoms. The molecule has 0 aliphatic carbocycles. The van der Waals surface area contributed by atoms with Crippen LogP contribution in [0.5, 0.6) is 0 Å². The van der Waals surface area contributed by atoms with Crippen LogP contribution in [0.15, 0.2) is 47.5 Å². The first-order chi connectivity index (χ1) is 16.7. The number of hydrogen-bond acceptors (Lipinski definition) is 7. The van der Waals surface area contributed by atoms with Gasteiger partial charge < -0.3 is 15.0 Å². The zero-order valence-corrected chi connectivity index (χ0v) is 21.1. The molecule has 0 spiro atoms. The first kappa shape index (κ1) is 26.2. The van der Waals surface area contributed by atoms with Crippen LogP contribution in [-0.4, -0.2) is 58.6 Å². The number of benzene rings is 2. The van der Waals surface area contributed by atoms with E-state index in [9.17, 15) is 19.2 Å². The molecular formula is C26H29N3O5S. The Bertz CT molecular complexity index is 1170. The Morgan fingerprint density at radius 1 is 1.03 bits per heavy atom. The van der Waals surface area contributed by atoms with E-state index in [0.717, 1.165) is 24.2 Å². The first-order valence-corrected chi connectivity index (χ1v) is 12.3. The molecule has 184 valence electrons. The van der Waals surface area contributed by atoms with Gasteiger partial charge in [0.15, 0.2) is 17.6 Å². The Balaban J connectivity index is 1.54. The lowest BCUT2D eigenvalue weighted by molar-refractivity contribution is -0.121. The third kappa shape index (κ3) is 6.79. The van der Waals surface area contributed by atoms with Crippen LogP contribution >= 0.6 is 11.8 Å². The Labute approximate surface area is 209 Å². The summed E-state index contributed by atoms with van der Waals surface area (Å²) in [5, 5.41) is 2.78. The highest BCUT2D eigenvalue weighted by atomic mass is 32.2. The number of nitrogens with one attached hydrogen (secondary N) is 1. The minimum Gasteiger partial charge on any atom is -0.454 e. The van der Waals surface area contributed by atoms with Crippen LogP contribution in [0.2, 0.25) is 0 Å². The normalized spacial score (nSPS) is 14.9. The molecule has 1 atom stereocenters. The summed E-state index contributed by atoms with van der Waals surface area (Å²) in [5.41, 5.74) is 3.14. The van der Waals surface area contributed by atoms with Gasteiger partial charge in [0.25, 0.3) is 5.91 Å². The summed E-state index contributed by atoms with van der Waals surface area (Å²) in [6, 6.07) is 11.6. The Morgan fingerprint density at radius 2 is 1.77 bits per heavy atom. The van der Waals surface area contributed by atoms with E-state index in [1.54, 1.807) is 30.3 Å². The number of carbonyl (C=O) groups is 4. The number of aryl methyl sites for hydroxylation is 2. The Morgan fingerprint density at radius 3 is 2.46 bits per heavy atom. The van der Waals surface area contributed by atoms with E-state index in [1.807, 2.05) is 38.7 Å². The second kappa shape index (κ2) is 11.8. The summed E-state index contributed by atoms with van der Waals surface area (Å²) in [5.74, 6) is -1.65. The van der Waals surface area contributed by atoms with Gasteiger partial charge in [-0.05, 0) is 63.1 Å². The van der Waals surface area contributed by atoms with Gasteiger partial charge in [0.1, 0.15) is 5.25 Å². The van der Waals surface area contributed by atoms with Crippen molar-refractivity contribution in [2.45, 2.75) is 39.4 Å². The van der Waals surface area contributed by atoms with Crippen LogP contribution in [0.3, 0.4) is 0 Å². The van der Waals surface area contributed by atoms with Crippen molar-refractivity contribution in [1.82, 2.24) is 4.90 Å². The summed E-state index contributed by atoms with van der Waals surface area (Å²) in [7, 11) is 0. The Hall–Kier alpha value is -3.46. The molecule has 1 N–H and O–H groups in total. The summed E-state index contributed by atoms with van der Waals surface area (Å²) < 4.78 is 5.18. The van der Waals surface area contributed by atoms with Crippen molar-refractivity contribution in [1.29, 1.82) is 0 Å². The van der Waals surface area contributed by atoms with Crippen molar-refractivity contribution >= 4 is 46.2 Å². The number of nitrogens with zero attached hydrogens (tertiary/aromatic N) is 2. The number of anilines is 1. The third-order valence-corrected chi connectivity index (χ3v) is 6.89. The number of thioether (sulfide) groups is 1. The van der Waals surface area contributed by atoms with Crippen LogP contribution < -0.4 is 5.32 Å². The largest absolute Gasteiger partial charge is 0.454 e. The molecule has 2 amide bonds. The maximum atomic E-state index is 12.5. The van der Waals surface area contributed by atoms with Gasteiger partial charge in [-0.3, -0.25) is 14.4 Å². The van der Waals surface area contributed by atoms with E-state index in [0.29, 0.717) is 16.4 Å². The molecule has 9 heteroatoms. The van der Waals surface area contributed by atoms with Crippen LogP contribution in [0.1, 0.15) is 52.1 Å². The van der Waals surface area contributed by atoms with Gasteiger partial charge in [-0.1, -0.05) is 30.0 Å². The summed E-state index contributed by atoms with van der Waals surface area (Å²) in [6.07, 6.45) is -0.0308. The number of esters is 1. The highest BCUT2D eigenvalue weighted by molar-refractivity contribution is 8.15. The zero-order valence-electron chi connectivity index (χ0n) is 20.3. The predicted octanol–water partition coefficient (Wildman–Crippen LogP) is 4.01. The monoisotopic (exact) mass is 495 g/mol. The molecule has 35 heavy (non-hydrogen) atoms. The average molecular weight is 496 g/mol. The zero-order chi connectivity index (χ0) is 25.5. The van der Waals surface area contributed by atoms with Crippen molar-refractivity contribution in [3.8, 4) is 0 Å². The lowest BCUT2D eigenvalue weighted by atomic mass is 10.0. The number of Topliss-reactive ketones (excluding diaryl/α,β-unsaturated/α-hetero) is 1. The molecule has 8 nitrogen and oxygen atoms in total. The number of hydrogen-bond donors (Lipinski definition) is 1. The first-order valence-electron chi connectivity index (χ1n) is 11.4. The fourth-order valence-electron chi connectivity index (χ4n) is 3.46. The highest BCUT2D eigenvalue weighted by Gasteiger charge is 2.32. The van der Waals surface area contributed by atoms with Gasteiger partial charge in [0.05, 0.1) is 5.56 Å². The molecule has 0 fully saturated rings. The number of aliphatic imine (C=N–C) groups is 1. The predicted molar refractivity (Wildman–Crippen MR) is 137 cm³/mol. The Kier molecular flexibility index (Phi) is 8.81. The molecular weight excluding hydrogens is 466 g/mol. The van der Waals surface area contributed by atoms with Crippen LogP contribution in [0, 0.1) is 13.8 Å². The van der Waals surface area contributed by atoms with Crippen molar-refractivity contribution in [3.63, 3.8) is 0 Å². The number of rotatable bonds is 9. The van der Waals surface area contributed by atoms with E-state index in [2.05, 4.69) is 10.3 Å². The van der Waals surface area contributed by atoms with Crippen molar-refractivity contribution < 1.29 is 23.9 Å². The minimum atomic E-state index is -0.669. The van der Waals surface area contributed by atoms with Crippen molar-refractivity contribution in [2.24, 2.45) is 4.99 Å². The van der Waals surface area contributed by atoms with Crippen LogP contribution in [-0.2, 0) is 14.3 Å². The number of carbonyl (C=O) groups excluding carboxylic acids is 4. The molecule has 0 saturated heterocycles. The molecule has 0 saturated carbocycles. The van der Waals surface area contributed by atoms with E-state index in [1.165, 1.54) is 17.8 Å². The number of ether oxygens (including phenoxy) is 1. The fraction of sp³-hybridized carbons (Fsp3) is 0.346. The molecule has 1 heterocycles. The van der Waals surface area contributed by atoms with Gasteiger partial charge in [0, 0.05) is 30.8 Å². The fourth-order valence-corrected chi connectivity index (χ4v) is 4.65. The lowest BCUT2D eigenvalue weighted by Crippen LogP contribution is -2.27. The van der Waals surface area contributed by atoms with Gasteiger partial charge in [0.2, 0.25) is 5.91 Å². The second-order valence-corrected chi connectivity index (χ2v) is 9.31. The molecule has 3 rings (SSSR count). The van der Waals surface area contributed by atoms with Gasteiger partial charge in [-0.25, -0.2) is 4.79 Å². The van der Waals surface area contributed by atoms with Gasteiger partial charge in [-0.2, -0.15) is 4.99 Å². The van der Waals surface area contributed by atoms with E-state index >= 15 is 0 Å². The summed E-state index contributed by atoms with van der Waals surface area (Å²) in [6.45, 7) is 8.91. The average Bonchev–Trinajstić information content (AvgIpc) is 3.19. The maximum Gasteiger partial charge on any atom is 0.338 e. The molecule has 0 radical (unpaired) electrons. The topological polar surface area (TPSA) is 105 Å². The van der Waals surface area contributed by atoms with Gasteiger partial charge >= 0.3 is 5.97 Å². The summed E-state index contributed by atoms with van der Waals surface area (Å²) in [4.78, 5) is 55.6. The SMILES string of the molecule is CCN(CC)C1=NC(=O)C(CC(=O)Nc2cccc(C(=O)OCC(=O)c3ccc(C)c(C)c3)c2)S1. The third-order valence-electron chi connectivity index (χ3n) is 5.68. The number of ketones is 1. The van der Waals surface area contributed by atoms with Gasteiger partial charge in [-0.15, -0.1) is 0 Å². The number of amidine groups is 1. The van der Waals surface area contributed by atoms with Crippen LogP contribution in [0.4, 0.5) is 5.69 Å². The minimum absolute atomic E-state index is 0.0308. The maximum absolute atomic E-state index is 12.5. The van der Waals surface area contributed by atoms with E-state index in [4.69, 9.17) is 4.74 Å². The molecule has 0 aromatic heterocycles. The standard InChI is InChI=1S/C26H29N3O5S/c1-5-29(6-2)26-28-24(32)22(35-26)14-23(31)27-20-9-7-8-19(13-20)25(33)34-15-21(30)18-11-10-16(3)17(4)12-18/h7-13,22H,5-6,14-15H2,1-4H3,(H,27,31). The van der Waals surface area contributed by atoms with E-state index in [-0.39, 0.29) is 36.2 Å². The second-order valence-electron chi connectivity index (χ2n) is 8.14. The molecule has 1 aliphatic rings. The summed E-state index contributed by atoms with van der Waals surface area (Å²) >= 11 is 1.29. The molecule has 1 aliphatic heterocycles. The smallest absolute Gasteiger partial charge is 0.338 e. The molecule has 1 unspecified atom stereocenters. The quantitative estimate of drug-likeness (QED) is 0.414. The van der Waals surface area contributed by atoms with Crippen molar-refractivity contribution in [3.05, 3.63) is 64.7 Å². The van der Waals surface area contributed by atoms with E-state index < -0.39 is 11.2 Å². The van der Waals surface area contributed by atoms with Crippen LogP contribution in [0.25, 0.3) is 0 Å². The molecule has 2 aromatic carbocycles.